The van der Waals surface area contributed by atoms with Crippen LogP contribution in [0.5, 0.6) is 11.5 Å². The van der Waals surface area contributed by atoms with Gasteiger partial charge in [0.05, 0.1) is 17.7 Å². The molecule has 46 heavy (non-hydrogen) atoms. The molecule has 0 radical (unpaired) electrons. The van der Waals surface area contributed by atoms with Crippen LogP contribution in [0.25, 0.3) is 11.1 Å². The van der Waals surface area contributed by atoms with Gasteiger partial charge in [0.15, 0.2) is 6.10 Å². The molecule has 3 rings (SSSR count). The van der Waals surface area contributed by atoms with Crippen molar-refractivity contribution in [2.24, 2.45) is 0 Å². The van der Waals surface area contributed by atoms with Crippen molar-refractivity contribution >= 4 is 11.9 Å². The molecule has 0 aromatic heterocycles. The van der Waals surface area contributed by atoms with Gasteiger partial charge < -0.3 is 14.2 Å². The molecule has 246 valence electrons. The highest BCUT2D eigenvalue weighted by atomic mass is 19.4. The topological polar surface area (TPSA) is 61.8 Å². The molecule has 0 aliphatic carbocycles. The van der Waals surface area contributed by atoms with Crippen LogP contribution in [0.4, 0.5) is 13.2 Å². The van der Waals surface area contributed by atoms with Crippen LogP contribution in [0.3, 0.4) is 0 Å². The van der Waals surface area contributed by atoms with Crippen LogP contribution in [0.15, 0.2) is 72.8 Å². The van der Waals surface area contributed by atoms with Crippen molar-refractivity contribution in [1.82, 2.24) is 0 Å². The predicted octanol–water partition coefficient (Wildman–Crippen LogP) is 10.4. The number of hydrogen-bond acceptors (Lipinski definition) is 5. The van der Waals surface area contributed by atoms with Crippen LogP contribution < -0.4 is 9.47 Å². The lowest BCUT2D eigenvalue weighted by molar-refractivity contribution is -0.206. The van der Waals surface area contributed by atoms with Gasteiger partial charge >= 0.3 is 18.1 Å². The van der Waals surface area contributed by atoms with Gasteiger partial charge in [-0.1, -0.05) is 76.1 Å². The second-order valence-corrected chi connectivity index (χ2v) is 11.2. The summed E-state index contributed by atoms with van der Waals surface area (Å²) in [5.74, 6) is 1.72. The van der Waals surface area contributed by atoms with E-state index < -0.39 is 24.2 Å². The molecule has 0 saturated carbocycles. The first kappa shape index (κ1) is 36.2. The Morgan fingerprint density at radius 2 is 1.22 bits per heavy atom. The number of halogens is 3. The average molecular weight is 637 g/mol. The SMILES string of the molecule is C#CCCCC[C@@H](OC(=O)c1ccc(C(=O)Oc2ccc(-c3ccc(OCCCCCCCCCC)cc3)cc2)cc1)C(F)(F)F. The minimum Gasteiger partial charge on any atom is -0.494 e. The van der Waals surface area contributed by atoms with Crippen molar-refractivity contribution in [1.29, 1.82) is 0 Å². The summed E-state index contributed by atoms with van der Waals surface area (Å²) in [6.45, 7) is 2.93. The Hall–Kier alpha value is -4.25. The molecule has 0 bridgehead atoms. The Labute approximate surface area is 270 Å². The number of rotatable bonds is 19. The van der Waals surface area contributed by atoms with E-state index >= 15 is 0 Å². The van der Waals surface area contributed by atoms with Crippen molar-refractivity contribution in [2.45, 2.75) is 96.3 Å². The summed E-state index contributed by atoms with van der Waals surface area (Å²) in [6.07, 6.45) is 8.78. The Morgan fingerprint density at radius 3 is 1.76 bits per heavy atom. The summed E-state index contributed by atoms with van der Waals surface area (Å²) < 4.78 is 56.1. The Bertz CT molecular complexity index is 1370. The van der Waals surface area contributed by atoms with Crippen LogP contribution >= 0.6 is 0 Å². The zero-order valence-corrected chi connectivity index (χ0v) is 26.5. The maximum absolute atomic E-state index is 13.3. The molecule has 3 aromatic rings. The largest absolute Gasteiger partial charge is 0.494 e. The second kappa shape index (κ2) is 19.3. The summed E-state index contributed by atoms with van der Waals surface area (Å²) in [4.78, 5) is 25.0. The van der Waals surface area contributed by atoms with Gasteiger partial charge in [-0.2, -0.15) is 13.2 Å². The average Bonchev–Trinajstić information content (AvgIpc) is 3.05. The lowest BCUT2D eigenvalue weighted by Gasteiger charge is -2.20. The van der Waals surface area contributed by atoms with E-state index in [-0.39, 0.29) is 24.0 Å². The lowest BCUT2D eigenvalue weighted by atomic mass is 10.1. The van der Waals surface area contributed by atoms with Gasteiger partial charge in [-0.05, 0) is 85.3 Å². The third-order valence-electron chi connectivity index (χ3n) is 7.53. The lowest BCUT2D eigenvalue weighted by Crippen LogP contribution is -2.33. The highest BCUT2D eigenvalue weighted by Crippen LogP contribution is 2.28. The van der Waals surface area contributed by atoms with Gasteiger partial charge in [-0.3, -0.25) is 0 Å². The number of benzene rings is 3. The van der Waals surface area contributed by atoms with E-state index in [1.165, 1.54) is 69.2 Å². The van der Waals surface area contributed by atoms with Crippen LogP contribution in [0, 0.1) is 12.3 Å². The van der Waals surface area contributed by atoms with Crippen molar-refractivity contribution in [3.8, 4) is 35.0 Å². The monoisotopic (exact) mass is 636 g/mol. The third kappa shape index (κ3) is 12.6. The predicted molar refractivity (Wildman–Crippen MR) is 174 cm³/mol. The maximum Gasteiger partial charge on any atom is 0.425 e. The van der Waals surface area contributed by atoms with Crippen molar-refractivity contribution in [3.05, 3.63) is 83.9 Å². The first-order chi connectivity index (χ1) is 22.2. The van der Waals surface area contributed by atoms with E-state index in [9.17, 15) is 22.8 Å². The fraction of sp³-hybridized carbons (Fsp3) is 0.421. The standard InChI is InChI=1S/C38H43F3O5/c1-3-5-7-9-10-11-12-14-28-44-33-24-20-29(21-25-33)30-22-26-34(27-23-30)45-36(42)31-16-18-32(19-17-31)37(43)46-35(38(39,40)41)15-13-8-6-4-2/h2,16-27,35H,3,5-15,28H2,1H3/t35-/m1/s1. The number of esters is 2. The van der Waals surface area contributed by atoms with E-state index in [4.69, 9.17) is 20.6 Å². The van der Waals surface area contributed by atoms with Gasteiger partial charge in [0.1, 0.15) is 11.5 Å². The third-order valence-corrected chi connectivity index (χ3v) is 7.53. The first-order valence-electron chi connectivity index (χ1n) is 16.1. The molecule has 0 heterocycles. The van der Waals surface area contributed by atoms with E-state index in [0.717, 1.165) is 23.3 Å². The molecule has 0 spiro atoms. The van der Waals surface area contributed by atoms with Crippen LogP contribution in [0.2, 0.25) is 0 Å². The number of terminal acetylenes is 1. The summed E-state index contributed by atoms with van der Waals surface area (Å²) in [7, 11) is 0. The highest BCUT2D eigenvalue weighted by Gasteiger charge is 2.42. The van der Waals surface area contributed by atoms with Crippen molar-refractivity contribution in [2.75, 3.05) is 6.61 Å². The fourth-order valence-corrected chi connectivity index (χ4v) is 4.84. The van der Waals surface area contributed by atoms with Gasteiger partial charge in [-0.15, -0.1) is 12.3 Å². The normalized spacial score (nSPS) is 11.8. The van der Waals surface area contributed by atoms with Gasteiger partial charge in [0, 0.05) is 6.42 Å². The summed E-state index contributed by atoms with van der Waals surface area (Å²) in [5.41, 5.74) is 1.94. The minimum absolute atomic E-state index is 0.108. The van der Waals surface area contributed by atoms with E-state index in [1.807, 2.05) is 36.4 Å². The second-order valence-electron chi connectivity index (χ2n) is 11.2. The molecule has 3 aromatic carbocycles. The number of ether oxygens (including phenoxy) is 3. The number of alkyl halides is 3. The van der Waals surface area contributed by atoms with E-state index in [2.05, 4.69) is 12.8 Å². The molecule has 0 fully saturated rings. The first-order valence-corrected chi connectivity index (χ1v) is 16.1. The molecule has 0 aliphatic heterocycles. The van der Waals surface area contributed by atoms with Gasteiger partial charge in [0.2, 0.25) is 0 Å². The summed E-state index contributed by atoms with van der Waals surface area (Å²) in [6, 6.07) is 19.9. The molecule has 8 heteroatoms. The Balaban J connectivity index is 1.45. The highest BCUT2D eigenvalue weighted by molar-refractivity contribution is 5.94. The van der Waals surface area contributed by atoms with Crippen LogP contribution in [0.1, 0.15) is 105 Å². The quantitative estimate of drug-likeness (QED) is 0.0567. The fourth-order valence-electron chi connectivity index (χ4n) is 4.84. The summed E-state index contributed by atoms with van der Waals surface area (Å²) in [5, 5.41) is 0. The minimum atomic E-state index is -4.70. The number of carbonyl (C=O) groups excluding carboxylic acids is 2. The number of hydrogen-bond donors (Lipinski definition) is 0. The molecule has 0 amide bonds. The smallest absolute Gasteiger partial charge is 0.425 e. The maximum atomic E-state index is 13.3. The number of carbonyl (C=O) groups is 2. The van der Waals surface area contributed by atoms with E-state index in [0.29, 0.717) is 25.2 Å². The zero-order valence-electron chi connectivity index (χ0n) is 26.5. The Kier molecular flexibility index (Phi) is 15.2. The molecular formula is C38H43F3O5. The molecule has 0 unspecified atom stereocenters. The summed E-state index contributed by atoms with van der Waals surface area (Å²) >= 11 is 0. The van der Waals surface area contributed by atoms with Crippen LogP contribution in [-0.2, 0) is 4.74 Å². The molecule has 0 aliphatic rings. The zero-order chi connectivity index (χ0) is 33.2. The van der Waals surface area contributed by atoms with E-state index in [1.54, 1.807) is 12.1 Å². The molecule has 1 atom stereocenters. The molecule has 5 nitrogen and oxygen atoms in total. The van der Waals surface area contributed by atoms with Crippen molar-refractivity contribution < 1.29 is 37.0 Å². The van der Waals surface area contributed by atoms with Gasteiger partial charge in [0.25, 0.3) is 0 Å². The molecular weight excluding hydrogens is 593 g/mol. The van der Waals surface area contributed by atoms with Gasteiger partial charge in [-0.25, -0.2) is 9.59 Å². The Morgan fingerprint density at radius 1 is 0.696 bits per heavy atom. The molecule has 0 saturated heterocycles. The number of unbranched alkanes of at least 4 members (excludes halogenated alkanes) is 9. The van der Waals surface area contributed by atoms with Crippen molar-refractivity contribution in [3.63, 3.8) is 0 Å². The van der Waals surface area contributed by atoms with Crippen LogP contribution in [-0.4, -0.2) is 30.8 Å². The molecule has 0 N–H and O–H groups in total.